The van der Waals surface area contributed by atoms with Crippen molar-refractivity contribution in [2.45, 2.75) is 11.3 Å². The van der Waals surface area contributed by atoms with E-state index in [0.717, 1.165) is 0 Å². The van der Waals surface area contributed by atoms with E-state index in [1.54, 1.807) is 12.1 Å². The highest BCUT2D eigenvalue weighted by molar-refractivity contribution is 9.10. The van der Waals surface area contributed by atoms with Crippen molar-refractivity contribution in [3.05, 3.63) is 28.2 Å². The number of benzene rings is 1. The number of carboxylic acids is 1. The van der Waals surface area contributed by atoms with E-state index in [-0.39, 0.29) is 16.9 Å². The molecule has 0 spiro atoms. The Kier molecular flexibility index (Phi) is 4.06. The van der Waals surface area contributed by atoms with Gasteiger partial charge in [0.15, 0.2) is 0 Å². The molecule has 0 aromatic heterocycles. The molecule has 0 saturated carbocycles. The molecule has 0 aliphatic heterocycles. The topological polar surface area (TPSA) is 83.5 Å². The largest absolute Gasteiger partial charge is 0.481 e. The fraction of sp³-hybridized carbons (Fsp3) is 0.222. The number of carboxylic acid groups (broad SMARTS) is 1. The van der Waals surface area contributed by atoms with Crippen molar-refractivity contribution in [1.82, 2.24) is 4.72 Å². The third-order valence-electron chi connectivity index (χ3n) is 1.93. The molecule has 0 unspecified atom stereocenters. The average molecular weight is 308 g/mol. The van der Waals surface area contributed by atoms with Crippen molar-refractivity contribution in [3.63, 3.8) is 0 Å². The molecular weight excluding hydrogens is 298 g/mol. The van der Waals surface area contributed by atoms with Gasteiger partial charge in [-0.1, -0.05) is 12.1 Å². The molecule has 0 amide bonds. The van der Waals surface area contributed by atoms with Gasteiger partial charge in [0, 0.05) is 4.47 Å². The smallest absolute Gasteiger partial charge is 0.307 e. The summed E-state index contributed by atoms with van der Waals surface area (Å²) in [5.41, 5.74) is 0.247. The summed E-state index contributed by atoms with van der Waals surface area (Å²) in [6, 6.07) is 4.62. The monoisotopic (exact) mass is 307 g/mol. The molecule has 0 aliphatic carbocycles. The van der Waals surface area contributed by atoms with Crippen LogP contribution in [0.4, 0.5) is 0 Å². The lowest BCUT2D eigenvalue weighted by atomic mass is 10.1. The second-order valence-corrected chi connectivity index (χ2v) is 5.68. The van der Waals surface area contributed by atoms with E-state index in [9.17, 15) is 13.2 Å². The van der Waals surface area contributed by atoms with Gasteiger partial charge in [-0.15, -0.1) is 0 Å². The van der Waals surface area contributed by atoms with Crippen molar-refractivity contribution in [2.75, 3.05) is 7.05 Å². The Bertz CT molecular complexity index is 512. The van der Waals surface area contributed by atoms with E-state index in [1.807, 2.05) is 0 Å². The summed E-state index contributed by atoms with van der Waals surface area (Å²) in [6.07, 6.45) is -0.338. The van der Waals surface area contributed by atoms with Crippen LogP contribution in [0.25, 0.3) is 0 Å². The molecule has 0 fully saturated rings. The van der Waals surface area contributed by atoms with Crippen molar-refractivity contribution < 1.29 is 18.3 Å². The zero-order valence-electron chi connectivity index (χ0n) is 8.40. The quantitative estimate of drug-likeness (QED) is 0.868. The Hall–Kier alpha value is -0.920. The molecular formula is C9H10BrNO4S. The molecule has 0 aliphatic rings. The predicted octanol–water partition coefficient (Wildman–Crippen LogP) is 0.984. The molecule has 0 saturated heterocycles. The number of hydrogen-bond acceptors (Lipinski definition) is 3. The highest BCUT2D eigenvalue weighted by Crippen LogP contribution is 2.25. The van der Waals surface area contributed by atoms with E-state index in [2.05, 4.69) is 20.7 Å². The number of rotatable bonds is 4. The Morgan fingerprint density at radius 2 is 2.12 bits per heavy atom. The third-order valence-corrected chi connectivity index (χ3v) is 4.41. The van der Waals surface area contributed by atoms with Crippen molar-refractivity contribution >= 4 is 31.9 Å². The maximum absolute atomic E-state index is 11.7. The van der Waals surface area contributed by atoms with Crippen LogP contribution in [-0.4, -0.2) is 26.5 Å². The van der Waals surface area contributed by atoms with Crippen molar-refractivity contribution in [3.8, 4) is 0 Å². The third kappa shape index (κ3) is 2.81. The summed E-state index contributed by atoms with van der Waals surface area (Å²) in [5.74, 6) is -1.08. The molecule has 16 heavy (non-hydrogen) atoms. The van der Waals surface area contributed by atoms with E-state index >= 15 is 0 Å². The Balaban J connectivity index is 3.41. The van der Waals surface area contributed by atoms with Gasteiger partial charge >= 0.3 is 5.97 Å². The highest BCUT2D eigenvalue weighted by atomic mass is 79.9. The number of sulfonamides is 1. The normalized spacial score (nSPS) is 11.4. The minimum atomic E-state index is -3.67. The molecule has 0 radical (unpaired) electrons. The minimum absolute atomic E-state index is 0.0279. The first-order valence-corrected chi connectivity index (χ1v) is 6.59. The van der Waals surface area contributed by atoms with Gasteiger partial charge in [-0.05, 0) is 34.6 Å². The van der Waals surface area contributed by atoms with Crippen LogP contribution in [0.15, 0.2) is 27.6 Å². The number of nitrogens with one attached hydrogen (secondary N) is 1. The van der Waals surface area contributed by atoms with E-state index in [0.29, 0.717) is 4.47 Å². The first-order chi connectivity index (χ1) is 7.38. The van der Waals surface area contributed by atoms with Crippen LogP contribution in [0.3, 0.4) is 0 Å². The van der Waals surface area contributed by atoms with Crippen LogP contribution in [-0.2, 0) is 21.2 Å². The standard InChI is InChI=1S/C9H10BrNO4S/c1-11-16(14,15)9-6(5-8(12)13)3-2-4-7(9)10/h2-4,11H,5H2,1H3,(H,12,13). The highest BCUT2D eigenvalue weighted by Gasteiger charge is 2.21. The summed E-state index contributed by atoms with van der Waals surface area (Å²) in [4.78, 5) is 10.6. The zero-order chi connectivity index (χ0) is 12.3. The first-order valence-electron chi connectivity index (χ1n) is 4.31. The van der Waals surface area contributed by atoms with E-state index in [1.165, 1.54) is 13.1 Å². The molecule has 1 aromatic carbocycles. The molecule has 1 aromatic rings. The lowest BCUT2D eigenvalue weighted by Crippen LogP contribution is -2.21. The van der Waals surface area contributed by atoms with Crippen LogP contribution in [0, 0.1) is 0 Å². The Morgan fingerprint density at radius 1 is 1.50 bits per heavy atom. The second kappa shape index (κ2) is 4.94. The van der Waals surface area contributed by atoms with Gasteiger partial charge in [0.05, 0.1) is 11.3 Å². The van der Waals surface area contributed by atoms with E-state index < -0.39 is 16.0 Å². The maximum atomic E-state index is 11.7. The van der Waals surface area contributed by atoms with Gasteiger partial charge in [0.25, 0.3) is 0 Å². The molecule has 0 bridgehead atoms. The lowest BCUT2D eigenvalue weighted by molar-refractivity contribution is -0.136. The molecule has 0 atom stereocenters. The van der Waals surface area contributed by atoms with Gasteiger partial charge in [-0.25, -0.2) is 13.1 Å². The Morgan fingerprint density at radius 3 is 2.62 bits per heavy atom. The van der Waals surface area contributed by atoms with Gasteiger partial charge < -0.3 is 5.11 Å². The van der Waals surface area contributed by atoms with Gasteiger partial charge in [0.1, 0.15) is 0 Å². The predicted molar refractivity (Wildman–Crippen MR) is 61.7 cm³/mol. The van der Waals surface area contributed by atoms with Gasteiger partial charge in [0.2, 0.25) is 10.0 Å². The minimum Gasteiger partial charge on any atom is -0.481 e. The molecule has 0 heterocycles. The van der Waals surface area contributed by atoms with Crippen molar-refractivity contribution in [1.29, 1.82) is 0 Å². The fourth-order valence-corrected chi connectivity index (χ4v) is 3.32. The summed E-state index contributed by atoms with van der Waals surface area (Å²) in [7, 11) is -2.39. The summed E-state index contributed by atoms with van der Waals surface area (Å²) in [5, 5.41) is 8.69. The van der Waals surface area contributed by atoms with Crippen LogP contribution in [0.2, 0.25) is 0 Å². The summed E-state index contributed by atoms with van der Waals surface area (Å²) in [6.45, 7) is 0. The molecule has 7 heteroatoms. The maximum Gasteiger partial charge on any atom is 0.307 e. The fourth-order valence-electron chi connectivity index (χ4n) is 1.26. The number of aliphatic carboxylic acids is 1. The molecule has 2 N–H and O–H groups in total. The van der Waals surface area contributed by atoms with Crippen LogP contribution in [0.1, 0.15) is 5.56 Å². The summed E-state index contributed by atoms with van der Waals surface area (Å²) >= 11 is 3.10. The Labute approximate surface area is 102 Å². The van der Waals surface area contributed by atoms with Gasteiger partial charge in [-0.2, -0.15) is 0 Å². The molecule has 5 nitrogen and oxygen atoms in total. The van der Waals surface area contributed by atoms with E-state index in [4.69, 9.17) is 5.11 Å². The van der Waals surface area contributed by atoms with Crippen LogP contribution < -0.4 is 4.72 Å². The SMILES string of the molecule is CNS(=O)(=O)c1c(Br)cccc1CC(=O)O. The van der Waals surface area contributed by atoms with Crippen molar-refractivity contribution in [2.24, 2.45) is 0 Å². The second-order valence-electron chi connectivity index (χ2n) is 3.01. The van der Waals surface area contributed by atoms with Crippen LogP contribution >= 0.6 is 15.9 Å². The molecule has 88 valence electrons. The number of carbonyl (C=O) groups is 1. The van der Waals surface area contributed by atoms with Crippen LogP contribution in [0.5, 0.6) is 0 Å². The number of hydrogen-bond donors (Lipinski definition) is 2. The van der Waals surface area contributed by atoms with Gasteiger partial charge in [-0.3, -0.25) is 4.79 Å². The summed E-state index contributed by atoms with van der Waals surface area (Å²) < 4.78 is 25.9. The zero-order valence-corrected chi connectivity index (χ0v) is 10.8. The molecule has 1 rings (SSSR count). The first kappa shape index (κ1) is 13.1. The number of halogens is 1. The lowest BCUT2D eigenvalue weighted by Gasteiger charge is -2.09. The average Bonchev–Trinajstić information content (AvgIpc) is 2.16.